The van der Waals surface area contributed by atoms with Gasteiger partial charge >= 0.3 is 0 Å². The molecule has 2 aromatic rings. The molecule has 0 aliphatic carbocycles. The monoisotopic (exact) mass is 283 g/mol. The molecule has 0 unspecified atom stereocenters. The summed E-state index contributed by atoms with van der Waals surface area (Å²) in [4.78, 5) is 10.7. The van der Waals surface area contributed by atoms with Gasteiger partial charge in [-0.3, -0.25) is 4.68 Å². The van der Waals surface area contributed by atoms with Crippen LogP contribution in [0.2, 0.25) is 0 Å². The Morgan fingerprint density at radius 2 is 2.10 bits per heavy atom. The number of aliphatic hydroxyl groups is 1. The number of aromatic nitrogens is 4. The molecule has 0 saturated carbocycles. The molecule has 1 saturated heterocycles. The van der Waals surface area contributed by atoms with Crippen LogP contribution in [0.1, 0.15) is 24.2 Å². The lowest BCUT2D eigenvalue weighted by Gasteiger charge is -2.38. The summed E-state index contributed by atoms with van der Waals surface area (Å²) < 4.78 is 1.63. The third-order valence-electron chi connectivity index (χ3n) is 3.96. The van der Waals surface area contributed by atoms with Crippen LogP contribution in [0.15, 0.2) is 24.7 Å². The highest BCUT2D eigenvalue weighted by Crippen LogP contribution is 2.33. The Labute approximate surface area is 123 Å². The smallest absolute Gasteiger partial charge is 0.158 e. The number of nitrogens with zero attached hydrogens (tertiary/aromatic N) is 5. The number of aryl methyl sites for hydroxylation is 1. The minimum Gasteiger partial charge on any atom is -0.382 e. The van der Waals surface area contributed by atoms with Crippen LogP contribution in [0, 0.1) is 12.3 Å². The first kappa shape index (κ1) is 13.6. The largest absolute Gasteiger partial charge is 0.382 e. The van der Waals surface area contributed by atoms with Crippen LogP contribution in [0.25, 0.3) is 0 Å². The Hall–Kier alpha value is -2.39. The first-order chi connectivity index (χ1) is 10.1. The molecule has 3 heterocycles. The van der Waals surface area contributed by atoms with E-state index in [2.05, 4.69) is 25.9 Å². The third kappa shape index (κ3) is 2.36. The van der Waals surface area contributed by atoms with Crippen molar-refractivity contribution in [3.05, 3.63) is 36.0 Å². The summed E-state index contributed by atoms with van der Waals surface area (Å²) in [5.41, 5.74) is -0.158. The molecule has 21 heavy (non-hydrogen) atoms. The summed E-state index contributed by atoms with van der Waals surface area (Å²) >= 11 is 0. The summed E-state index contributed by atoms with van der Waals surface area (Å²) in [6.07, 6.45) is 9.86. The SMILES string of the molecule is C#Cc1cccnc1N1CCC(O)(c2ncnn2C)CC1. The van der Waals surface area contributed by atoms with E-state index in [1.807, 2.05) is 12.1 Å². The predicted molar refractivity (Wildman–Crippen MR) is 78.5 cm³/mol. The predicted octanol–water partition coefficient (Wildman–Crippen LogP) is 0.679. The lowest BCUT2D eigenvalue weighted by molar-refractivity contribution is -0.000184. The van der Waals surface area contributed by atoms with E-state index in [9.17, 15) is 5.11 Å². The molecule has 0 bridgehead atoms. The number of anilines is 1. The minimum absolute atomic E-state index is 0.570. The fourth-order valence-corrected chi connectivity index (χ4v) is 2.79. The topological polar surface area (TPSA) is 67.1 Å². The minimum atomic E-state index is -0.938. The quantitative estimate of drug-likeness (QED) is 0.821. The van der Waals surface area contributed by atoms with Crippen LogP contribution < -0.4 is 4.90 Å². The Balaban J connectivity index is 1.80. The lowest BCUT2D eigenvalue weighted by Crippen LogP contribution is -2.44. The Bertz CT molecular complexity index is 679. The number of rotatable bonds is 2. The molecule has 1 fully saturated rings. The molecule has 108 valence electrons. The normalized spacial score (nSPS) is 17.5. The summed E-state index contributed by atoms with van der Waals surface area (Å²) in [7, 11) is 1.79. The maximum absolute atomic E-state index is 10.8. The second kappa shape index (κ2) is 5.19. The standard InChI is InChI=1S/C15H17N5O/c1-3-12-5-4-8-16-13(12)20-9-6-15(21,7-10-20)14-17-11-18-19(14)2/h1,4-5,8,11,21H,6-7,9-10H2,2H3. The van der Waals surface area contributed by atoms with Crippen molar-refractivity contribution < 1.29 is 5.11 Å². The van der Waals surface area contributed by atoms with E-state index in [4.69, 9.17) is 6.42 Å². The van der Waals surface area contributed by atoms with Crippen molar-refractivity contribution in [3.63, 3.8) is 0 Å². The summed E-state index contributed by atoms with van der Waals surface area (Å²) in [5.74, 6) is 4.07. The van der Waals surface area contributed by atoms with Crippen LogP contribution in [0.3, 0.4) is 0 Å². The van der Waals surface area contributed by atoms with E-state index in [0.29, 0.717) is 31.8 Å². The highest BCUT2D eigenvalue weighted by Gasteiger charge is 2.38. The van der Waals surface area contributed by atoms with Gasteiger partial charge in [-0.1, -0.05) is 5.92 Å². The van der Waals surface area contributed by atoms with Gasteiger partial charge in [0, 0.05) is 39.2 Å². The molecular weight excluding hydrogens is 266 g/mol. The van der Waals surface area contributed by atoms with E-state index in [0.717, 1.165) is 11.4 Å². The maximum atomic E-state index is 10.8. The average molecular weight is 283 g/mol. The second-order valence-corrected chi connectivity index (χ2v) is 5.24. The maximum Gasteiger partial charge on any atom is 0.158 e. The number of hydrogen-bond acceptors (Lipinski definition) is 5. The highest BCUT2D eigenvalue weighted by atomic mass is 16.3. The molecule has 1 aliphatic rings. The number of hydrogen-bond donors (Lipinski definition) is 1. The molecule has 0 atom stereocenters. The molecule has 0 amide bonds. The fourth-order valence-electron chi connectivity index (χ4n) is 2.79. The molecule has 0 spiro atoms. The van der Waals surface area contributed by atoms with Gasteiger partial charge in [-0.25, -0.2) is 9.97 Å². The van der Waals surface area contributed by atoms with Gasteiger partial charge in [-0.2, -0.15) is 5.10 Å². The van der Waals surface area contributed by atoms with Crippen molar-refractivity contribution >= 4 is 5.82 Å². The summed E-state index contributed by atoms with van der Waals surface area (Å²) in [6, 6.07) is 3.71. The van der Waals surface area contributed by atoms with Crippen LogP contribution in [0.4, 0.5) is 5.82 Å². The molecule has 2 aromatic heterocycles. The number of piperidine rings is 1. The first-order valence-corrected chi connectivity index (χ1v) is 6.87. The van der Waals surface area contributed by atoms with Crippen molar-refractivity contribution in [2.75, 3.05) is 18.0 Å². The van der Waals surface area contributed by atoms with E-state index in [1.54, 1.807) is 17.9 Å². The van der Waals surface area contributed by atoms with Gasteiger partial charge in [0.15, 0.2) is 5.82 Å². The molecular formula is C15H17N5O. The van der Waals surface area contributed by atoms with Crippen LogP contribution in [0.5, 0.6) is 0 Å². The molecule has 1 N–H and O–H groups in total. The summed E-state index contributed by atoms with van der Waals surface area (Å²) in [5, 5.41) is 14.8. The molecule has 3 rings (SSSR count). The lowest BCUT2D eigenvalue weighted by atomic mass is 9.90. The van der Waals surface area contributed by atoms with Crippen LogP contribution >= 0.6 is 0 Å². The molecule has 1 aliphatic heterocycles. The van der Waals surface area contributed by atoms with Gasteiger partial charge in [0.1, 0.15) is 17.7 Å². The van der Waals surface area contributed by atoms with Crippen LogP contribution in [-0.2, 0) is 12.6 Å². The first-order valence-electron chi connectivity index (χ1n) is 6.87. The van der Waals surface area contributed by atoms with E-state index < -0.39 is 5.60 Å². The fraction of sp³-hybridized carbons (Fsp3) is 0.400. The van der Waals surface area contributed by atoms with Gasteiger partial charge in [0.2, 0.25) is 0 Å². The van der Waals surface area contributed by atoms with E-state index in [1.165, 1.54) is 6.33 Å². The highest BCUT2D eigenvalue weighted by molar-refractivity contribution is 5.55. The molecule has 6 nitrogen and oxygen atoms in total. The molecule has 0 aromatic carbocycles. The third-order valence-corrected chi connectivity index (χ3v) is 3.96. The number of terminal acetylenes is 1. The van der Waals surface area contributed by atoms with Crippen molar-refractivity contribution in [2.24, 2.45) is 7.05 Å². The Morgan fingerprint density at radius 1 is 1.33 bits per heavy atom. The van der Waals surface area contributed by atoms with Crippen LogP contribution in [-0.4, -0.2) is 37.9 Å². The molecule has 0 radical (unpaired) electrons. The zero-order valence-electron chi connectivity index (χ0n) is 11.9. The zero-order chi connectivity index (χ0) is 14.9. The zero-order valence-corrected chi connectivity index (χ0v) is 11.9. The summed E-state index contributed by atoms with van der Waals surface area (Å²) in [6.45, 7) is 1.35. The average Bonchev–Trinajstić information content (AvgIpc) is 2.95. The van der Waals surface area contributed by atoms with Gasteiger partial charge in [0.25, 0.3) is 0 Å². The van der Waals surface area contributed by atoms with Crippen molar-refractivity contribution in [3.8, 4) is 12.3 Å². The Morgan fingerprint density at radius 3 is 2.71 bits per heavy atom. The molecule has 6 heteroatoms. The van der Waals surface area contributed by atoms with E-state index >= 15 is 0 Å². The van der Waals surface area contributed by atoms with Crippen molar-refractivity contribution in [1.82, 2.24) is 19.7 Å². The van der Waals surface area contributed by atoms with Gasteiger partial charge in [0.05, 0.1) is 5.56 Å². The van der Waals surface area contributed by atoms with Gasteiger partial charge in [-0.15, -0.1) is 6.42 Å². The number of pyridine rings is 1. The van der Waals surface area contributed by atoms with Gasteiger partial charge < -0.3 is 10.0 Å². The van der Waals surface area contributed by atoms with E-state index in [-0.39, 0.29) is 0 Å². The van der Waals surface area contributed by atoms with Crippen molar-refractivity contribution in [1.29, 1.82) is 0 Å². The van der Waals surface area contributed by atoms with Crippen molar-refractivity contribution in [2.45, 2.75) is 18.4 Å². The second-order valence-electron chi connectivity index (χ2n) is 5.24. The van der Waals surface area contributed by atoms with Gasteiger partial charge in [-0.05, 0) is 12.1 Å². The Kier molecular flexibility index (Phi) is 3.35.